The van der Waals surface area contributed by atoms with E-state index in [9.17, 15) is 14.4 Å². The SMILES string of the molecule is CSCCC(C(=O)Oc1ccc(Cl)cc1Cl)N1C(=O)c2ccccc2C1=O. The van der Waals surface area contributed by atoms with Crippen LogP contribution in [0.25, 0.3) is 0 Å². The van der Waals surface area contributed by atoms with E-state index in [0.717, 1.165) is 4.90 Å². The van der Waals surface area contributed by atoms with Crippen molar-refractivity contribution in [1.82, 2.24) is 4.90 Å². The molecule has 0 radical (unpaired) electrons. The maximum Gasteiger partial charge on any atom is 0.334 e. The molecule has 5 nitrogen and oxygen atoms in total. The number of benzene rings is 2. The number of rotatable bonds is 6. The summed E-state index contributed by atoms with van der Waals surface area (Å²) in [7, 11) is 0. The van der Waals surface area contributed by atoms with Gasteiger partial charge in [-0.15, -0.1) is 0 Å². The molecule has 1 aliphatic heterocycles. The summed E-state index contributed by atoms with van der Waals surface area (Å²) in [6, 6.07) is 9.91. The van der Waals surface area contributed by atoms with E-state index in [1.807, 2.05) is 6.26 Å². The Labute approximate surface area is 170 Å². The molecule has 1 heterocycles. The third-order valence-electron chi connectivity index (χ3n) is 4.11. The number of thioether (sulfide) groups is 1. The van der Waals surface area contributed by atoms with Crippen LogP contribution < -0.4 is 4.74 Å². The van der Waals surface area contributed by atoms with Crippen LogP contribution in [0.4, 0.5) is 0 Å². The van der Waals surface area contributed by atoms with E-state index in [-0.39, 0.29) is 28.3 Å². The average molecular weight is 424 g/mol. The normalized spacial score (nSPS) is 14.3. The predicted molar refractivity (Wildman–Crippen MR) is 106 cm³/mol. The second-order valence-electron chi connectivity index (χ2n) is 5.82. The molecule has 1 unspecified atom stereocenters. The maximum atomic E-state index is 12.8. The Hall–Kier alpha value is -2.02. The van der Waals surface area contributed by atoms with Gasteiger partial charge in [0.1, 0.15) is 11.8 Å². The van der Waals surface area contributed by atoms with Crippen molar-refractivity contribution in [2.75, 3.05) is 12.0 Å². The fourth-order valence-electron chi connectivity index (χ4n) is 2.81. The number of fused-ring (bicyclic) bond motifs is 1. The fourth-order valence-corrected chi connectivity index (χ4v) is 3.71. The van der Waals surface area contributed by atoms with E-state index < -0.39 is 23.8 Å². The largest absolute Gasteiger partial charge is 0.423 e. The van der Waals surface area contributed by atoms with Crippen LogP contribution in [0.2, 0.25) is 10.0 Å². The van der Waals surface area contributed by atoms with Gasteiger partial charge >= 0.3 is 5.97 Å². The smallest absolute Gasteiger partial charge is 0.334 e. The van der Waals surface area contributed by atoms with Crippen LogP contribution in [0.5, 0.6) is 5.75 Å². The highest BCUT2D eigenvalue weighted by atomic mass is 35.5. The van der Waals surface area contributed by atoms with Gasteiger partial charge in [0, 0.05) is 5.02 Å². The summed E-state index contributed by atoms with van der Waals surface area (Å²) in [5, 5.41) is 0.570. The molecule has 0 N–H and O–H groups in total. The molecule has 2 amide bonds. The van der Waals surface area contributed by atoms with Gasteiger partial charge in [0.15, 0.2) is 0 Å². The maximum absolute atomic E-state index is 12.8. The Kier molecular flexibility index (Phi) is 6.09. The number of halogens is 2. The van der Waals surface area contributed by atoms with Crippen molar-refractivity contribution in [2.45, 2.75) is 12.5 Å². The van der Waals surface area contributed by atoms with E-state index in [4.69, 9.17) is 27.9 Å². The van der Waals surface area contributed by atoms with Gasteiger partial charge in [0.25, 0.3) is 11.8 Å². The molecule has 0 saturated heterocycles. The van der Waals surface area contributed by atoms with Crippen LogP contribution >= 0.6 is 35.0 Å². The first-order valence-electron chi connectivity index (χ1n) is 8.06. The second kappa shape index (κ2) is 8.33. The minimum absolute atomic E-state index is 0.122. The lowest BCUT2D eigenvalue weighted by atomic mass is 10.1. The summed E-state index contributed by atoms with van der Waals surface area (Å²) in [5.41, 5.74) is 0.572. The van der Waals surface area contributed by atoms with Gasteiger partial charge in [0.05, 0.1) is 16.1 Å². The van der Waals surface area contributed by atoms with Crippen LogP contribution in [0.3, 0.4) is 0 Å². The highest BCUT2D eigenvalue weighted by Gasteiger charge is 2.43. The topological polar surface area (TPSA) is 63.7 Å². The van der Waals surface area contributed by atoms with Gasteiger partial charge in [-0.05, 0) is 48.8 Å². The van der Waals surface area contributed by atoms with Crippen molar-refractivity contribution >= 4 is 52.7 Å². The van der Waals surface area contributed by atoms with Crippen LogP contribution in [0.1, 0.15) is 27.1 Å². The highest BCUT2D eigenvalue weighted by molar-refractivity contribution is 7.98. The summed E-state index contributed by atoms with van der Waals surface area (Å²) in [5.74, 6) is -1.03. The third kappa shape index (κ3) is 3.98. The third-order valence-corrected chi connectivity index (χ3v) is 5.28. The van der Waals surface area contributed by atoms with Crippen LogP contribution in [-0.2, 0) is 4.79 Å². The van der Waals surface area contributed by atoms with Crippen LogP contribution in [0.15, 0.2) is 42.5 Å². The van der Waals surface area contributed by atoms with Gasteiger partial charge in [-0.1, -0.05) is 35.3 Å². The summed E-state index contributed by atoms with van der Waals surface area (Å²) >= 11 is 13.4. The summed E-state index contributed by atoms with van der Waals surface area (Å²) < 4.78 is 5.38. The molecule has 2 aromatic carbocycles. The van der Waals surface area contributed by atoms with Crippen molar-refractivity contribution in [3.63, 3.8) is 0 Å². The molecular weight excluding hydrogens is 409 g/mol. The van der Waals surface area contributed by atoms with Gasteiger partial charge in [-0.25, -0.2) is 4.79 Å². The Morgan fingerprint density at radius 1 is 1.11 bits per heavy atom. The minimum Gasteiger partial charge on any atom is -0.423 e. The van der Waals surface area contributed by atoms with Crippen molar-refractivity contribution in [2.24, 2.45) is 0 Å². The lowest BCUT2D eigenvalue weighted by Crippen LogP contribution is -2.47. The molecule has 0 aliphatic carbocycles. The number of imide groups is 1. The predicted octanol–water partition coefficient (Wildman–Crippen LogP) is 4.32. The van der Waals surface area contributed by atoms with Gasteiger partial charge in [-0.3, -0.25) is 14.5 Å². The molecule has 1 aliphatic rings. The Bertz CT molecular complexity index is 883. The number of carbonyl (C=O) groups excluding carboxylic acids is 3. The number of esters is 1. The molecule has 0 aromatic heterocycles. The Morgan fingerprint density at radius 3 is 2.30 bits per heavy atom. The quantitative estimate of drug-likeness (QED) is 0.393. The fraction of sp³-hybridized carbons (Fsp3) is 0.211. The molecule has 8 heteroatoms. The summed E-state index contributed by atoms with van der Waals surface area (Å²) in [6.45, 7) is 0. The van der Waals surface area contributed by atoms with E-state index >= 15 is 0 Å². The lowest BCUT2D eigenvalue weighted by Gasteiger charge is -2.24. The number of hydrogen-bond acceptors (Lipinski definition) is 5. The number of ether oxygens (including phenoxy) is 1. The molecule has 1 atom stereocenters. The first-order valence-corrected chi connectivity index (χ1v) is 10.2. The van der Waals surface area contributed by atoms with Crippen molar-refractivity contribution in [3.05, 3.63) is 63.6 Å². The lowest BCUT2D eigenvalue weighted by molar-refractivity contribution is -0.138. The second-order valence-corrected chi connectivity index (χ2v) is 7.65. The van der Waals surface area contributed by atoms with Crippen molar-refractivity contribution in [1.29, 1.82) is 0 Å². The zero-order valence-corrected chi connectivity index (χ0v) is 16.6. The number of amides is 2. The van der Waals surface area contributed by atoms with E-state index in [2.05, 4.69) is 0 Å². The first-order chi connectivity index (χ1) is 12.9. The molecule has 0 fully saturated rings. The molecule has 0 spiro atoms. The first kappa shape index (κ1) is 19.7. The van der Waals surface area contributed by atoms with E-state index in [0.29, 0.717) is 10.8 Å². The van der Waals surface area contributed by atoms with Gasteiger partial charge < -0.3 is 4.74 Å². The van der Waals surface area contributed by atoms with Crippen molar-refractivity contribution < 1.29 is 19.1 Å². The standard InChI is InChI=1S/C19H15Cl2NO4S/c1-27-9-8-15(19(25)26-16-7-6-11(20)10-14(16)21)22-17(23)12-4-2-3-5-13(12)18(22)24/h2-7,10,15H,8-9H2,1H3. The molecular formula is C19H15Cl2NO4S. The zero-order valence-electron chi connectivity index (χ0n) is 14.3. The number of nitrogens with zero attached hydrogens (tertiary/aromatic N) is 1. The highest BCUT2D eigenvalue weighted by Crippen LogP contribution is 2.30. The molecule has 0 bridgehead atoms. The summed E-state index contributed by atoms with van der Waals surface area (Å²) in [6.07, 6.45) is 2.15. The molecule has 2 aromatic rings. The molecule has 140 valence electrons. The number of hydrogen-bond donors (Lipinski definition) is 0. The Morgan fingerprint density at radius 2 is 1.74 bits per heavy atom. The van der Waals surface area contributed by atoms with Crippen molar-refractivity contribution in [3.8, 4) is 5.75 Å². The van der Waals surface area contributed by atoms with E-state index in [1.54, 1.807) is 24.3 Å². The van der Waals surface area contributed by atoms with Crippen LogP contribution in [-0.4, -0.2) is 40.7 Å². The average Bonchev–Trinajstić information content (AvgIpc) is 2.90. The van der Waals surface area contributed by atoms with Gasteiger partial charge in [0.2, 0.25) is 0 Å². The number of carbonyl (C=O) groups is 3. The monoisotopic (exact) mass is 423 g/mol. The Balaban J connectivity index is 1.89. The van der Waals surface area contributed by atoms with Gasteiger partial charge in [-0.2, -0.15) is 11.8 Å². The molecule has 0 saturated carbocycles. The van der Waals surface area contributed by atoms with Crippen LogP contribution in [0, 0.1) is 0 Å². The zero-order chi connectivity index (χ0) is 19.6. The molecule has 3 rings (SSSR count). The molecule has 27 heavy (non-hydrogen) atoms. The summed E-state index contributed by atoms with van der Waals surface area (Å²) in [4.78, 5) is 39.2. The van der Waals surface area contributed by atoms with E-state index in [1.165, 1.54) is 30.0 Å². The minimum atomic E-state index is -1.04.